The van der Waals surface area contributed by atoms with Gasteiger partial charge in [-0.05, 0) is 43.2 Å². The van der Waals surface area contributed by atoms with Crippen molar-refractivity contribution in [3.63, 3.8) is 0 Å². The third-order valence-corrected chi connectivity index (χ3v) is 4.63. The Labute approximate surface area is 135 Å². The van der Waals surface area contributed by atoms with Crippen LogP contribution in [-0.4, -0.2) is 9.55 Å². The summed E-state index contributed by atoms with van der Waals surface area (Å²) < 4.78 is 3.22. The van der Waals surface area contributed by atoms with Crippen LogP contribution in [0.5, 0.6) is 0 Å². The van der Waals surface area contributed by atoms with E-state index in [9.17, 15) is 0 Å². The third kappa shape index (κ3) is 2.14. The number of anilines is 1. The zero-order chi connectivity index (χ0) is 14.6. The van der Waals surface area contributed by atoms with E-state index in [1.165, 1.54) is 12.8 Å². The maximum atomic E-state index is 6.40. The second kappa shape index (κ2) is 4.75. The molecule has 0 saturated heterocycles. The van der Waals surface area contributed by atoms with E-state index in [2.05, 4.69) is 20.5 Å². The van der Waals surface area contributed by atoms with E-state index in [1.807, 2.05) is 36.4 Å². The number of benzene rings is 2. The molecule has 5 heteroatoms. The fourth-order valence-electron chi connectivity index (χ4n) is 2.72. The van der Waals surface area contributed by atoms with Crippen LogP contribution in [-0.2, 0) is 0 Å². The molecule has 1 heterocycles. The first kappa shape index (κ1) is 13.2. The minimum Gasteiger partial charge on any atom is -0.398 e. The van der Waals surface area contributed by atoms with Crippen LogP contribution in [0.25, 0.3) is 22.4 Å². The fraction of sp³-hybridized carbons (Fsp3) is 0.188. The second-order valence-electron chi connectivity index (χ2n) is 5.38. The standard InChI is InChI=1S/C16H13BrClN3/c17-9-4-7-11(13(19)8-9)16-20-14-3-1-2-12(18)15(14)21(16)10-5-6-10/h1-4,7-8,10H,5-6,19H2. The molecule has 2 aromatic carbocycles. The molecular formula is C16H13BrClN3. The van der Waals surface area contributed by atoms with E-state index >= 15 is 0 Å². The minimum atomic E-state index is 0.480. The Morgan fingerprint density at radius 1 is 1.24 bits per heavy atom. The number of aromatic nitrogens is 2. The average molecular weight is 363 g/mol. The maximum Gasteiger partial charge on any atom is 0.143 e. The molecule has 0 bridgehead atoms. The summed E-state index contributed by atoms with van der Waals surface area (Å²) in [6, 6.07) is 12.2. The lowest BCUT2D eigenvalue weighted by molar-refractivity contribution is 0.775. The van der Waals surface area contributed by atoms with E-state index in [4.69, 9.17) is 22.3 Å². The Morgan fingerprint density at radius 2 is 2.05 bits per heavy atom. The number of fused-ring (bicyclic) bond motifs is 1. The molecule has 0 aliphatic heterocycles. The lowest BCUT2D eigenvalue weighted by atomic mass is 10.1. The number of nitrogens with two attached hydrogens (primary N) is 1. The van der Waals surface area contributed by atoms with Gasteiger partial charge in [-0.1, -0.05) is 33.6 Å². The number of halogens is 2. The zero-order valence-corrected chi connectivity index (χ0v) is 13.5. The molecule has 1 aliphatic carbocycles. The predicted molar refractivity (Wildman–Crippen MR) is 90.6 cm³/mol. The summed E-state index contributed by atoms with van der Waals surface area (Å²) in [6.45, 7) is 0. The van der Waals surface area contributed by atoms with Gasteiger partial charge in [-0.2, -0.15) is 0 Å². The van der Waals surface area contributed by atoms with Gasteiger partial charge in [-0.3, -0.25) is 0 Å². The molecular weight excluding hydrogens is 350 g/mol. The summed E-state index contributed by atoms with van der Waals surface area (Å²) in [7, 11) is 0. The normalized spacial score (nSPS) is 14.8. The van der Waals surface area contributed by atoms with Crippen molar-refractivity contribution in [2.45, 2.75) is 18.9 Å². The molecule has 0 unspecified atom stereocenters. The van der Waals surface area contributed by atoms with Crippen LogP contribution in [0.15, 0.2) is 40.9 Å². The Balaban J connectivity index is 2.04. The summed E-state index contributed by atoms with van der Waals surface area (Å²) in [5.74, 6) is 0.908. The lowest BCUT2D eigenvalue weighted by Gasteiger charge is -2.10. The Kier molecular flexibility index (Phi) is 2.98. The molecule has 2 N–H and O–H groups in total. The van der Waals surface area contributed by atoms with Crippen molar-refractivity contribution in [1.82, 2.24) is 9.55 Å². The molecule has 1 fully saturated rings. The topological polar surface area (TPSA) is 43.8 Å². The first-order valence-electron chi connectivity index (χ1n) is 6.87. The maximum absolute atomic E-state index is 6.40. The fourth-order valence-corrected chi connectivity index (χ4v) is 3.36. The quantitative estimate of drug-likeness (QED) is 0.649. The molecule has 1 saturated carbocycles. The van der Waals surface area contributed by atoms with E-state index in [0.717, 1.165) is 37.6 Å². The molecule has 0 spiro atoms. The number of para-hydroxylation sites is 1. The molecule has 3 aromatic rings. The molecule has 4 rings (SSSR count). The molecule has 1 aromatic heterocycles. The first-order valence-corrected chi connectivity index (χ1v) is 8.04. The minimum absolute atomic E-state index is 0.480. The van der Waals surface area contributed by atoms with Crippen LogP contribution in [0.1, 0.15) is 18.9 Å². The number of imidazole rings is 1. The number of hydrogen-bond acceptors (Lipinski definition) is 2. The van der Waals surface area contributed by atoms with E-state index in [1.54, 1.807) is 0 Å². The smallest absolute Gasteiger partial charge is 0.143 e. The van der Waals surface area contributed by atoms with Crippen molar-refractivity contribution in [2.75, 3.05) is 5.73 Å². The van der Waals surface area contributed by atoms with Crippen molar-refractivity contribution in [1.29, 1.82) is 0 Å². The second-order valence-corrected chi connectivity index (χ2v) is 6.70. The van der Waals surface area contributed by atoms with Gasteiger partial charge < -0.3 is 10.3 Å². The van der Waals surface area contributed by atoms with Gasteiger partial charge in [0.15, 0.2) is 0 Å². The molecule has 0 atom stereocenters. The molecule has 1 aliphatic rings. The molecule has 21 heavy (non-hydrogen) atoms. The van der Waals surface area contributed by atoms with Gasteiger partial charge in [0.25, 0.3) is 0 Å². The van der Waals surface area contributed by atoms with Gasteiger partial charge in [0, 0.05) is 21.8 Å². The first-order chi connectivity index (χ1) is 10.1. The highest BCUT2D eigenvalue weighted by atomic mass is 79.9. The molecule has 0 amide bonds. The highest BCUT2D eigenvalue weighted by Crippen LogP contribution is 2.43. The van der Waals surface area contributed by atoms with Crippen LogP contribution in [0.3, 0.4) is 0 Å². The highest BCUT2D eigenvalue weighted by molar-refractivity contribution is 9.10. The van der Waals surface area contributed by atoms with Crippen LogP contribution in [0.2, 0.25) is 5.02 Å². The summed E-state index contributed by atoms with van der Waals surface area (Å²) in [6.07, 6.45) is 2.33. The van der Waals surface area contributed by atoms with Crippen molar-refractivity contribution >= 4 is 44.3 Å². The monoisotopic (exact) mass is 361 g/mol. The van der Waals surface area contributed by atoms with Crippen molar-refractivity contribution in [3.8, 4) is 11.4 Å². The number of nitrogens with zero attached hydrogens (tertiary/aromatic N) is 2. The summed E-state index contributed by atoms with van der Waals surface area (Å²) in [5, 5.41) is 0.744. The van der Waals surface area contributed by atoms with Crippen molar-refractivity contribution < 1.29 is 0 Å². The average Bonchev–Trinajstić information content (AvgIpc) is 3.20. The van der Waals surface area contributed by atoms with Gasteiger partial charge in [-0.25, -0.2) is 4.98 Å². The Bertz CT molecular complexity index is 852. The molecule has 106 valence electrons. The Hall–Kier alpha value is -1.52. The SMILES string of the molecule is Nc1cc(Br)ccc1-c1nc2cccc(Cl)c2n1C1CC1. The van der Waals surface area contributed by atoms with Crippen LogP contribution in [0.4, 0.5) is 5.69 Å². The highest BCUT2D eigenvalue weighted by Gasteiger charge is 2.30. The molecule has 3 nitrogen and oxygen atoms in total. The number of hydrogen-bond donors (Lipinski definition) is 1. The van der Waals surface area contributed by atoms with Gasteiger partial charge >= 0.3 is 0 Å². The third-order valence-electron chi connectivity index (χ3n) is 3.83. The summed E-state index contributed by atoms with van der Waals surface area (Å²) in [5.41, 5.74) is 9.80. The zero-order valence-electron chi connectivity index (χ0n) is 11.2. The molecule has 0 radical (unpaired) electrons. The predicted octanol–water partition coefficient (Wildman–Crippen LogP) is 5.04. The lowest BCUT2D eigenvalue weighted by Crippen LogP contribution is -2.00. The van der Waals surface area contributed by atoms with Crippen molar-refractivity contribution in [2.24, 2.45) is 0 Å². The van der Waals surface area contributed by atoms with Gasteiger partial charge in [-0.15, -0.1) is 0 Å². The van der Waals surface area contributed by atoms with Gasteiger partial charge in [0.1, 0.15) is 5.82 Å². The van der Waals surface area contributed by atoms with E-state index in [-0.39, 0.29) is 0 Å². The van der Waals surface area contributed by atoms with Crippen LogP contribution in [0, 0.1) is 0 Å². The largest absolute Gasteiger partial charge is 0.398 e. The van der Waals surface area contributed by atoms with Crippen LogP contribution >= 0.6 is 27.5 Å². The number of rotatable bonds is 2. The van der Waals surface area contributed by atoms with Crippen molar-refractivity contribution in [3.05, 3.63) is 45.9 Å². The summed E-state index contributed by atoms with van der Waals surface area (Å²) >= 11 is 9.85. The van der Waals surface area contributed by atoms with Gasteiger partial charge in [0.2, 0.25) is 0 Å². The summed E-state index contributed by atoms with van der Waals surface area (Å²) in [4.78, 5) is 4.78. The Morgan fingerprint density at radius 3 is 2.76 bits per heavy atom. The van der Waals surface area contributed by atoms with E-state index in [0.29, 0.717) is 6.04 Å². The van der Waals surface area contributed by atoms with Crippen LogP contribution < -0.4 is 5.73 Å². The number of nitrogen functional groups attached to an aromatic ring is 1. The van der Waals surface area contributed by atoms with E-state index < -0.39 is 0 Å². The van der Waals surface area contributed by atoms with Gasteiger partial charge in [0.05, 0.1) is 16.1 Å².